The van der Waals surface area contributed by atoms with Gasteiger partial charge in [-0.2, -0.15) is 0 Å². The minimum atomic E-state index is -0.0637. The summed E-state index contributed by atoms with van der Waals surface area (Å²) in [4.78, 5) is 11.8. The summed E-state index contributed by atoms with van der Waals surface area (Å²) < 4.78 is 5.28. The normalized spacial score (nSPS) is 25.8. The van der Waals surface area contributed by atoms with Gasteiger partial charge in [-0.05, 0) is 24.5 Å². The van der Waals surface area contributed by atoms with Gasteiger partial charge in [-0.3, -0.25) is 4.79 Å². The highest BCUT2D eigenvalue weighted by Gasteiger charge is 2.29. The highest BCUT2D eigenvalue weighted by atomic mass is 16.3. The van der Waals surface area contributed by atoms with Crippen molar-refractivity contribution in [2.24, 2.45) is 5.92 Å². The van der Waals surface area contributed by atoms with Gasteiger partial charge in [0.15, 0.2) is 0 Å². The predicted molar refractivity (Wildman–Crippen MR) is 60.8 cm³/mol. The molecule has 0 radical (unpaired) electrons. The third-order valence-electron chi connectivity index (χ3n) is 2.80. The topological polar surface area (TPSA) is 54.3 Å². The van der Waals surface area contributed by atoms with Crippen LogP contribution < -0.4 is 10.6 Å². The molecule has 1 fully saturated rings. The van der Waals surface area contributed by atoms with Crippen molar-refractivity contribution in [1.82, 2.24) is 10.6 Å². The van der Waals surface area contributed by atoms with Crippen molar-refractivity contribution in [1.29, 1.82) is 0 Å². The standard InChI is InChI=1S/C12H18N2O2/c1-8(2)6-9-12(15)14-10(7-13-9)11-4-3-5-16-11/h3-5,8-10,13H,6-7H2,1-2H3,(H,14,15)/t9-,10+/m0/s1. The molecule has 0 aromatic carbocycles. The van der Waals surface area contributed by atoms with Crippen LogP contribution in [0, 0.1) is 5.92 Å². The number of hydrogen-bond donors (Lipinski definition) is 2. The molecule has 0 unspecified atom stereocenters. The fraction of sp³-hybridized carbons (Fsp3) is 0.583. The van der Waals surface area contributed by atoms with Gasteiger partial charge >= 0.3 is 0 Å². The van der Waals surface area contributed by atoms with Crippen LogP contribution in [0.5, 0.6) is 0 Å². The van der Waals surface area contributed by atoms with Crippen molar-refractivity contribution in [3.8, 4) is 0 Å². The van der Waals surface area contributed by atoms with Crippen LogP contribution in [0.2, 0.25) is 0 Å². The Bertz CT molecular complexity index is 346. The first-order valence-electron chi connectivity index (χ1n) is 5.74. The predicted octanol–water partition coefficient (Wildman–Crippen LogP) is 1.45. The van der Waals surface area contributed by atoms with Gasteiger partial charge < -0.3 is 15.1 Å². The van der Waals surface area contributed by atoms with Crippen molar-refractivity contribution >= 4 is 5.91 Å². The van der Waals surface area contributed by atoms with Gasteiger partial charge in [-0.15, -0.1) is 0 Å². The second kappa shape index (κ2) is 4.70. The second-order valence-electron chi connectivity index (χ2n) is 4.67. The molecule has 0 aliphatic carbocycles. The van der Waals surface area contributed by atoms with Gasteiger partial charge in [0, 0.05) is 6.54 Å². The molecular weight excluding hydrogens is 204 g/mol. The number of amides is 1. The second-order valence-corrected chi connectivity index (χ2v) is 4.67. The number of carbonyl (C=O) groups is 1. The van der Waals surface area contributed by atoms with E-state index in [-0.39, 0.29) is 18.0 Å². The van der Waals surface area contributed by atoms with Crippen LogP contribution in [-0.4, -0.2) is 18.5 Å². The summed E-state index contributed by atoms with van der Waals surface area (Å²) in [7, 11) is 0. The van der Waals surface area contributed by atoms with Crippen LogP contribution in [0.1, 0.15) is 32.1 Å². The zero-order valence-corrected chi connectivity index (χ0v) is 9.69. The van der Waals surface area contributed by atoms with E-state index in [4.69, 9.17) is 4.42 Å². The van der Waals surface area contributed by atoms with Crippen molar-refractivity contribution in [2.75, 3.05) is 6.54 Å². The van der Waals surface area contributed by atoms with E-state index in [1.165, 1.54) is 0 Å². The molecule has 2 heterocycles. The van der Waals surface area contributed by atoms with Crippen molar-refractivity contribution in [2.45, 2.75) is 32.4 Å². The molecule has 0 bridgehead atoms. The number of piperazine rings is 1. The molecule has 1 aromatic rings. The van der Waals surface area contributed by atoms with Crippen molar-refractivity contribution < 1.29 is 9.21 Å². The van der Waals surface area contributed by atoms with E-state index in [0.29, 0.717) is 5.92 Å². The minimum absolute atomic E-state index is 0.0362. The average Bonchev–Trinajstić information content (AvgIpc) is 2.73. The zero-order valence-electron chi connectivity index (χ0n) is 9.69. The Morgan fingerprint density at radius 1 is 1.56 bits per heavy atom. The minimum Gasteiger partial charge on any atom is -0.467 e. The van der Waals surface area contributed by atoms with E-state index in [1.807, 2.05) is 12.1 Å². The molecular formula is C12H18N2O2. The van der Waals surface area contributed by atoms with Gasteiger partial charge in [-0.25, -0.2) is 0 Å². The molecule has 1 saturated heterocycles. The first kappa shape index (κ1) is 11.2. The van der Waals surface area contributed by atoms with Crippen molar-refractivity contribution in [3.05, 3.63) is 24.2 Å². The summed E-state index contributed by atoms with van der Waals surface area (Å²) in [5.41, 5.74) is 0. The molecule has 1 aliphatic heterocycles. The van der Waals surface area contributed by atoms with Gasteiger partial charge in [-0.1, -0.05) is 13.8 Å². The maximum atomic E-state index is 11.8. The highest BCUT2D eigenvalue weighted by molar-refractivity contribution is 5.82. The van der Waals surface area contributed by atoms with E-state index in [0.717, 1.165) is 18.7 Å². The zero-order chi connectivity index (χ0) is 11.5. The van der Waals surface area contributed by atoms with E-state index in [1.54, 1.807) is 6.26 Å². The lowest BCUT2D eigenvalue weighted by Gasteiger charge is -2.30. The maximum absolute atomic E-state index is 11.8. The molecule has 1 amide bonds. The van der Waals surface area contributed by atoms with Crippen LogP contribution in [0.15, 0.2) is 22.8 Å². The molecule has 88 valence electrons. The van der Waals surface area contributed by atoms with Crippen LogP contribution in [0.3, 0.4) is 0 Å². The van der Waals surface area contributed by atoms with E-state index in [9.17, 15) is 4.79 Å². The smallest absolute Gasteiger partial charge is 0.237 e. The maximum Gasteiger partial charge on any atom is 0.237 e. The largest absolute Gasteiger partial charge is 0.467 e. The monoisotopic (exact) mass is 222 g/mol. The number of furan rings is 1. The third-order valence-corrected chi connectivity index (χ3v) is 2.80. The first-order chi connectivity index (χ1) is 7.66. The Labute approximate surface area is 95.4 Å². The Morgan fingerprint density at radius 2 is 2.38 bits per heavy atom. The van der Waals surface area contributed by atoms with Gasteiger partial charge in [0.1, 0.15) is 5.76 Å². The van der Waals surface area contributed by atoms with E-state index < -0.39 is 0 Å². The lowest BCUT2D eigenvalue weighted by molar-refractivity contribution is -0.126. The Hall–Kier alpha value is -1.29. The van der Waals surface area contributed by atoms with Gasteiger partial charge in [0.2, 0.25) is 5.91 Å². The number of nitrogens with one attached hydrogen (secondary N) is 2. The third kappa shape index (κ3) is 2.44. The number of carbonyl (C=O) groups excluding carboxylic acids is 1. The molecule has 4 nitrogen and oxygen atoms in total. The van der Waals surface area contributed by atoms with Gasteiger partial charge in [0.25, 0.3) is 0 Å². The quantitative estimate of drug-likeness (QED) is 0.814. The molecule has 2 N–H and O–H groups in total. The highest BCUT2D eigenvalue weighted by Crippen LogP contribution is 2.17. The molecule has 0 spiro atoms. The molecule has 2 atom stereocenters. The summed E-state index contributed by atoms with van der Waals surface area (Å²) in [6.45, 7) is 4.97. The molecule has 16 heavy (non-hydrogen) atoms. The number of hydrogen-bond acceptors (Lipinski definition) is 3. The number of rotatable bonds is 3. The Kier molecular flexibility index (Phi) is 3.29. The van der Waals surface area contributed by atoms with E-state index in [2.05, 4.69) is 24.5 Å². The molecule has 2 rings (SSSR count). The van der Waals surface area contributed by atoms with Crippen LogP contribution in [-0.2, 0) is 4.79 Å². The fourth-order valence-electron chi connectivity index (χ4n) is 2.00. The summed E-state index contributed by atoms with van der Waals surface area (Å²) >= 11 is 0. The van der Waals surface area contributed by atoms with Crippen LogP contribution >= 0.6 is 0 Å². The Balaban J connectivity index is 1.95. The molecule has 1 aliphatic rings. The van der Waals surface area contributed by atoms with Gasteiger partial charge in [0.05, 0.1) is 18.3 Å². The molecule has 0 saturated carbocycles. The Morgan fingerprint density at radius 3 is 2.94 bits per heavy atom. The average molecular weight is 222 g/mol. The summed E-state index contributed by atoms with van der Waals surface area (Å²) in [5, 5.41) is 6.25. The molecule has 1 aromatic heterocycles. The lowest BCUT2D eigenvalue weighted by Crippen LogP contribution is -2.54. The summed E-state index contributed by atoms with van der Waals surface area (Å²) in [6, 6.07) is 3.62. The van der Waals surface area contributed by atoms with Crippen LogP contribution in [0.4, 0.5) is 0 Å². The first-order valence-corrected chi connectivity index (χ1v) is 5.74. The van der Waals surface area contributed by atoms with Crippen molar-refractivity contribution in [3.63, 3.8) is 0 Å². The summed E-state index contributed by atoms with van der Waals surface area (Å²) in [5.74, 6) is 1.40. The van der Waals surface area contributed by atoms with E-state index >= 15 is 0 Å². The molecule has 4 heteroatoms. The SMILES string of the molecule is CC(C)C[C@@H]1NC[C@H](c2ccco2)NC1=O. The lowest BCUT2D eigenvalue weighted by atomic mass is 10.00. The summed E-state index contributed by atoms with van der Waals surface area (Å²) in [6.07, 6.45) is 2.50. The van der Waals surface area contributed by atoms with Crippen LogP contribution in [0.25, 0.3) is 0 Å². The fourth-order valence-corrected chi connectivity index (χ4v) is 2.00.